The van der Waals surface area contributed by atoms with Crippen molar-refractivity contribution in [1.29, 1.82) is 0 Å². The molecule has 3 atom stereocenters. The third-order valence-electron chi connectivity index (χ3n) is 6.54. The van der Waals surface area contributed by atoms with Crippen molar-refractivity contribution >= 4 is 62.4 Å². The summed E-state index contributed by atoms with van der Waals surface area (Å²) in [5, 5.41) is 3.08. The maximum Gasteiger partial charge on any atom is 0.275 e. The largest absolute Gasteiger partial charge is 0.442 e. The Morgan fingerprint density at radius 1 is 0.892 bits per heavy atom. The molecule has 1 amide bonds. The van der Waals surface area contributed by atoms with E-state index in [0.29, 0.717) is 23.1 Å². The van der Waals surface area contributed by atoms with Gasteiger partial charge in [0.1, 0.15) is 22.4 Å². The van der Waals surface area contributed by atoms with E-state index in [1.54, 1.807) is 56.3 Å². The van der Waals surface area contributed by atoms with Crippen LogP contribution in [-0.2, 0) is 5.54 Å². The van der Waals surface area contributed by atoms with Gasteiger partial charge in [0.25, 0.3) is 5.91 Å². The van der Waals surface area contributed by atoms with Crippen LogP contribution in [0.3, 0.4) is 0 Å². The molecule has 2 aromatic rings. The van der Waals surface area contributed by atoms with E-state index in [2.05, 4.69) is 43.1 Å². The number of aryl methyl sites for hydroxylation is 1. The Balaban J connectivity index is 1.36. The first-order valence-electron chi connectivity index (χ1n) is 12.1. The van der Waals surface area contributed by atoms with E-state index >= 15 is 0 Å². The van der Waals surface area contributed by atoms with Gasteiger partial charge in [-0.15, -0.1) is 35.3 Å². The third-order valence-corrected chi connectivity index (χ3v) is 10.8. The zero-order valence-electron chi connectivity index (χ0n) is 21.9. The Hall–Kier alpha value is -2.30. The van der Waals surface area contributed by atoms with Gasteiger partial charge in [-0.1, -0.05) is 36.4 Å². The Labute approximate surface area is 230 Å². The number of amides is 1. The lowest BCUT2D eigenvalue weighted by Crippen LogP contribution is -2.33. The van der Waals surface area contributed by atoms with E-state index in [0.717, 1.165) is 26.6 Å². The number of aromatic nitrogens is 1. The highest BCUT2D eigenvalue weighted by molar-refractivity contribution is 8.17. The molecule has 0 spiro atoms. The number of rotatable bonds is 6. The molecule has 4 heterocycles. The Morgan fingerprint density at radius 3 is 2.16 bits per heavy atom. The Kier molecular flexibility index (Phi) is 6.96. The SMILES string of the molecule is Cc1oc([C@]2(C)CSC([C@]3(C)CSC([C@]4(C)CSC(/C=C/c5ccccc5)=N4)=N3)=N2)nc1C(=O)N(C)C. The highest BCUT2D eigenvalue weighted by Gasteiger charge is 2.48. The second kappa shape index (κ2) is 9.78. The van der Waals surface area contributed by atoms with Gasteiger partial charge in [-0.3, -0.25) is 19.8 Å². The van der Waals surface area contributed by atoms with Gasteiger partial charge in [-0.05, 0) is 39.3 Å². The zero-order chi connectivity index (χ0) is 26.4. The van der Waals surface area contributed by atoms with Crippen molar-refractivity contribution in [3.63, 3.8) is 0 Å². The number of oxazole rings is 1. The quantitative estimate of drug-likeness (QED) is 0.465. The van der Waals surface area contributed by atoms with Crippen LogP contribution in [0.25, 0.3) is 6.08 Å². The van der Waals surface area contributed by atoms with Crippen molar-refractivity contribution < 1.29 is 9.21 Å². The summed E-state index contributed by atoms with van der Waals surface area (Å²) in [7, 11) is 3.42. The molecule has 194 valence electrons. The maximum atomic E-state index is 12.5. The van der Waals surface area contributed by atoms with Crippen LogP contribution in [-0.4, -0.2) is 73.4 Å². The third kappa shape index (κ3) is 5.07. The lowest BCUT2D eigenvalue weighted by molar-refractivity contribution is 0.0821. The second-order valence-electron chi connectivity index (χ2n) is 10.3. The molecule has 3 aliphatic rings. The first kappa shape index (κ1) is 26.3. The number of nitrogens with zero attached hydrogens (tertiary/aromatic N) is 5. The minimum Gasteiger partial charge on any atom is -0.442 e. The van der Waals surface area contributed by atoms with Crippen molar-refractivity contribution in [1.82, 2.24) is 9.88 Å². The molecule has 0 fully saturated rings. The van der Waals surface area contributed by atoms with Crippen LogP contribution in [0.1, 0.15) is 48.5 Å². The number of carbonyl (C=O) groups excluding carboxylic acids is 1. The summed E-state index contributed by atoms with van der Waals surface area (Å²) in [6.45, 7) is 8.12. The lowest BCUT2D eigenvalue weighted by Gasteiger charge is -2.21. The van der Waals surface area contributed by atoms with Gasteiger partial charge in [-0.2, -0.15) is 0 Å². The average Bonchev–Trinajstić information content (AvgIpc) is 3.65. The van der Waals surface area contributed by atoms with E-state index in [4.69, 9.17) is 19.4 Å². The molecule has 0 unspecified atom stereocenters. The van der Waals surface area contributed by atoms with Gasteiger partial charge in [0.05, 0.1) is 15.1 Å². The molecule has 5 rings (SSSR count). The summed E-state index contributed by atoms with van der Waals surface area (Å²) in [5.74, 6) is 3.23. The Morgan fingerprint density at radius 2 is 1.49 bits per heavy atom. The average molecular weight is 554 g/mol. The zero-order valence-corrected chi connectivity index (χ0v) is 24.4. The fourth-order valence-electron chi connectivity index (χ4n) is 4.25. The standard InChI is InChI=1S/C27H31N5O2S3/c1-17-20(21(33)32(5)6)28-22(34-17)25(2)14-36-24(30-25)27(4)16-37-23(31-27)26(3)15-35-19(29-26)13-12-18-10-8-7-9-11-18/h7-13H,14-16H2,1-6H3/b13-12+/t25-,26-,27-/m0/s1. The monoisotopic (exact) mass is 553 g/mol. The van der Waals surface area contributed by atoms with Crippen LogP contribution < -0.4 is 0 Å². The highest BCUT2D eigenvalue weighted by atomic mass is 32.2. The molecule has 10 heteroatoms. The number of carbonyl (C=O) groups is 1. The van der Waals surface area contributed by atoms with E-state index in [9.17, 15) is 4.79 Å². The molecule has 0 saturated heterocycles. The van der Waals surface area contributed by atoms with E-state index in [1.807, 2.05) is 25.1 Å². The molecular weight excluding hydrogens is 523 g/mol. The smallest absolute Gasteiger partial charge is 0.275 e. The summed E-state index contributed by atoms with van der Waals surface area (Å²) in [6.07, 6.45) is 4.21. The first-order chi connectivity index (χ1) is 17.5. The van der Waals surface area contributed by atoms with Gasteiger partial charge in [0.15, 0.2) is 5.69 Å². The summed E-state index contributed by atoms with van der Waals surface area (Å²) in [6, 6.07) is 10.3. The van der Waals surface area contributed by atoms with Gasteiger partial charge in [0.2, 0.25) is 5.89 Å². The van der Waals surface area contributed by atoms with E-state index < -0.39 is 11.1 Å². The highest BCUT2D eigenvalue weighted by Crippen LogP contribution is 2.46. The molecule has 3 aliphatic heterocycles. The summed E-state index contributed by atoms with van der Waals surface area (Å²) >= 11 is 5.26. The number of hydrogen-bond donors (Lipinski definition) is 0. The van der Waals surface area contributed by atoms with Crippen LogP contribution in [0.5, 0.6) is 0 Å². The van der Waals surface area contributed by atoms with E-state index in [-0.39, 0.29) is 11.4 Å². The fraction of sp³-hybridized carbons (Fsp3) is 0.444. The summed E-state index contributed by atoms with van der Waals surface area (Å²) in [4.78, 5) is 33.9. The minimum atomic E-state index is -0.637. The van der Waals surface area contributed by atoms with Crippen molar-refractivity contribution in [2.24, 2.45) is 15.0 Å². The van der Waals surface area contributed by atoms with Crippen LogP contribution in [0.15, 0.2) is 55.8 Å². The first-order valence-corrected chi connectivity index (χ1v) is 15.1. The molecule has 0 N–H and O–H groups in total. The van der Waals surface area contributed by atoms with Crippen molar-refractivity contribution in [2.75, 3.05) is 31.4 Å². The van der Waals surface area contributed by atoms with Gasteiger partial charge in [0, 0.05) is 31.4 Å². The normalized spacial score (nSPS) is 29.5. The predicted molar refractivity (Wildman–Crippen MR) is 159 cm³/mol. The van der Waals surface area contributed by atoms with Gasteiger partial charge >= 0.3 is 0 Å². The maximum absolute atomic E-state index is 12.5. The minimum absolute atomic E-state index is 0.166. The van der Waals surface area contributed by atoms with Crippen LogP contribution in [0.4, 0.5) is 0 Å². The van der Waals surface area contributed by atoms with Crippen LogP contribution in [0, 0.1) is 6.92 Å². The van der Waals surface area contributed by atoms with Crippen LogP contribution in [0.2, 0.25) is 0 Å². The van der Waals surface area contributed by atoms with Crippen molar-refractivity contribution in [3.8, 4) is 0 Å². The molecule has 37 heavy (non-hydrogen) atoms. The summed E-state index contributed by atoms with van der Waals surface area (Å²) < 4.78 is 5.95. The van der Waals surface area contributed by atoms with Gasteiger partial charge in [-0.25, -0.2) is 4.98 Å². The second-order valence-corrected chi connectivity index (χ2v) is 13.3. The Bertz CT molecular complexity index is 1350. The molecule has 0 aliphatic carbocycles. The molecule has 1 aromatic heterocycles. The number of hydrogen-bond acceptors (Lipinski definition) is 9. The molecule has 7 nitrogen and oxygen atoms in total. The molecule has 0 saturated carbocycles. The van der Waals surface area contributed by atoms with Gasteiger partial charge < -0.3 is 9.32 Å². The lowest BCUT2D eigenvalue weighted by atomic mass is 10.0. The topological polar surface area (TPSA) is 83.4 Å². The van der Waals surface area contributed by atoms with Crippen molar-refractivity contribution in [2.45, 2.75) is 44.3 Å². The van der Waals surface area contributed by atoms with Crippen LogP contribution >= 0.6 is 35.3 Å². The molecular formula is C27H31N5O2S3. The van der Waals surface area contributed by atoms with E-state index in [1.165, 1.54) is 10.5 Å². The molecule has 1 aromatic carbocycles. The van der Waals surface area contributed by atoms with Crippen molar-refractivity contribution in [3.05, 3.63) is 59.3 Å². The number of benzene rings is 1. The summed E-state index contributed by atoms with van der Waals surface area (Å²) in [5.41, 5.74) is 0.121. The number of thioether (sulfide) groups is 3. The predicted octanol–water partition coefficient (Wildman–Crippen LogP) is 5.57. The molecule has 0 bridgehead atoms. The molecule has 0 radical (unpaired) electrons. The number of aliphatic imine (C=N–C) groups is 3. The fourth-order valence-corrected chi connectivity index (χ4v) is 8.11.